The van der Waals surface area contributed by atoms with E-state index in [9.17, 15) is 0 Å². The summed E-state index contributed by atoms with van der Waals surface area (Å²) in [5.41, 5.74) is 0. The maximum Gasteiger partial charge on any atom is 0.186 e. The van der Waals surface area contributed by atoms with Gasteiger partial charge in [0.25, 0.3) is 0 Å². The highest BCUT2D eigenvalue weighted by Crippen LogP contribution is 1.88. The van der Waals surface area contributed by atoms with Crippen LogP contribution in [0.15, 0.2) is 12.4 Å². The third-order valence-electron chi connectivity index (χ3n) is 1.05. The first-order valence-electron chi connectivity index (χ1n) is 2.72. The van der Waals surface area contributed by atoms with Crippen LogP contribution in [0.3, 0.4) is 0 Å². The predicted molar refractivity (Wildman–Crippen MR) is 35.7 cm³/mol. The summed E-state index contributed by atoms with van der Waals surface area (Å²) in [4.78, 5) is 3.89. The molecule has 0 aliphatic rings. The molecule has 0 unspecified atom stereocenters. The minimum Gasteiger partial charge on any atom is -0.327 e. The Labute approximate surface area is 58.9 Å². The fraction of sp³-hybridized carbons (Fsp3) is 0.143. The molecule has 0 aliphatic heterocycles. The van der Waals surface area contributed by atoms with E-state index in [0.29, 0.717) is 5.82 Å². The van der Waals surface area contributed by atoms with Crippen LogP contribution in [0.1, 0.15) is 5.82 Å². The van der Waals surface area contributed by atoms with Gasteiger partial charge in [0, 0.05) is 25.4 Å². The first kappa shape index (κ1) is 6.38. The van der Waals surface area contributed by atoms with Gasteiger partial charge >= 0.3 is 0 Å². The molecular weight excluding hydrogens is 126 g/mol. The van der Waals surface area contributed by atoms with Crippen molar-refractivity contribution in [2.75, 3.05) is 0 Å². The lowest BCUT2D eigenvalue weighted by atomic mass is 10.5. The number of hydrogen-bond acceptors (Lipinski definition) is 2. The third kappa shape index (κ3) is 1.15. The van der Waals surface area contributed by atoms with Crippen molar-refractivity contribution < 1.29 is 0 Å². The van der Waals surface area contributed by atoms with Gasteiger partial charge in [0.15, 0.2) is 11.9 Å². The van der Waals surface area contributed by atoms with E-state index in [-0.39, 0.29) is 0 Å². The van der Waals surface area contributed by atoms with Gasteiger partial charge in [-0.25, -0.2) is 4.98 Å². The van der Waals surface area contributed by atoms with Crippen LogP contribution >= 0.6 is 0 Å². The highest BCUT2D eigenvalue weighted by molar-refractivity contribution is 5.28. The van der Waals surface area contributed by atoms with Gasteiger partial charge in [-0.3, -0.25) is 0 Å². The molecule has 0 saturated heterocycles. The standard InChI is InChI=1S/C7H5N3/c1-10-6-5-9-7(10)3-2-4-8/h5-6H,1H3. The summed E-state index contributed by atoms with van der Waals surface area (Å²) < 4.78 is 1.75. The molecule has 0 spiro atoms. The van der Waals surface area contributed by atoms with Crippen LogP contribution in [0.4, 0.5) is 0 Å². The zero-order chi connectivity index (χ0) is 7.40. The van der Waals surface area contributed by atoms with Gasteiger partial charge < -0.3 is 4.57 Å². The molecule has 0 bridgehead atoms. The number of imidazole rings is 1. The van der Waals surface area contributed by atoms with Gasteiger partial charge in [0.05, 0.1) is 0 Å². The molecule has 1 rings (SSSR count). The molecule has 10 heavy (non-hydrogen) atoms. The molecule has 1 aromatic heterocycles. The molecule has 48 valence electrons. The van der Waals surface area contributed by atoms with E-state index < -0.39 is 0 Å². The molecule has 1 aromatic rings. The lowest BCUT2D eigenvalue weighted by Gasteiger charge is -1.86. The lowest BCUT2D eigenvalue weighted by molar-refractivity contribution is 0.893. The van der Waals surface area contributed by atoms with Crippen molar-refractivity contribution in [1.82, 2.24) is 9.55 Å². The molecule has 0 amide bonds. The predicted octanol–water partition coefficient (Wildman–Crippen LogP) is 0.295. The second-order valence-corrected chi connectivity index (χ2v) is 1.72. The number of nitrogens with zero attached hydrogens (tertiary/aromatic N) is 3. The van der Waals surface area contributed by atoms with Crippen LogP contribution in [0.2, 0.25) is 0 Å². The molecule has 3 heteroatoms. The van der Waals surface area contributed by atoms with Crippen molar-refractivity contribution in [1.29, 1.82) is 5.26 Å². The molecule has 3 nitrogen and oxygen atoms in total. The van der Waals surface area contributed by atoms with Crippen molar-refractivity contribution in [3.63, 3.8) is 0 Å². The van der Waals surface area contributed by atoms with Gasteiger partial charge in [-0.05, 0) is 5.92 Å². The Morgan fingerprint density at radius 3 is 3.00 bits per heavy atom. The summed E-state index contributed by atoms with van der Waals surface area (Å²) >= 11 is 0. The van der Waals surface area contributed by atoms with E-state index >= 15 is 0 Å². The Hall–Kier alpha value is -1.74. The van der Waals surface area contributed by atoms with Crippen molar-refractivity contribution in [2.45, 2.75) is 0 Å². The summed E-state index contributed by atoms with van der Waals surface area (Å²) in [6.07, 6.45) is 3.42. The van der Waals surface area contributed by atoms with Gasteiger partial charge in [-0.2, -0.15) is 5.26 Å². The number of aromatic nitrogens is 2. The second kappa shape index (κ2) is 2.70. The summed E-state index contributed by atoms with van der Waals surface area (Å²) in [6.45, 7) is 0. The molecule has 1 heterocycles. The first-order chi connectivity index (χ1) is 4.84. The van der Waals surface area contributed by atoms with Crippen LogP contribution in [0.5, 0.6) is 0 Å². The van der Waals surface area contributed by atoms with Gasteiger partial charge in [0.2, 0.25) is 0 Å². The monoisotopic (exact) mass is 131 g/mol. The molecule has 0 fully saturated rings. The zero-order valence-corrected chi connectivity index (χ0v) is 5.50. The van der Waals surface area contributed by atoms with Gasteiger partial charge in [-0.15, -0.1) is 0 Å². The van der Waals surface area contributed by atoms with E-state index in [0.717, 1.165) is 0 Å². The fourth-order valence-electron chi connectivity index (χ4n) is 0.570. The Morgan fingerprint density at radius 1 is 1.70 bits per heavy atom. The number of hydrogen-bond donors (Lipinski definition) is 0. The largest absolute Gasteiger partial charge is 0.327 e. The van der Waals surface area contributed by atoms with Crippen molar-refractivity contribution in [3.8, 4) is 17.9 Å². The summed E-state index contributed by atoms with van der Waals surface area (Å²) in [5, 5.41) is 8.10. The van der Waals surface area contributed by atoms with Gasteiger partial charge in [-0.1, -0.05) is 0 Å². The molecule has 0 aliphatic carbocycles. The van der Waals surface area contributed by atoms with Crippen LogP contribution in [0.25, 0.3) is 0 Å². The minimum absolute atomic E-state index is 0.613. The summed E-state index contributed by atoms with van der Waals surface area (Å²) in [6, 6.07) is 1.72. The zero-order valence-electron chi connectivity index (χ0n) is 5.50. The van der Waals surface area contributed by atoms with Crippen LogP contribution in [-0.4, -0.2) is 9.55 Å². The highest BCUT2D eigenvalue weighted by atomic mass is 15.0. The highest BCUT2D eigenvalue weighted by Gasteiger charge is 1.89. The first-order valence-corrected chi connectivity index (χ1v) is 2.72. The maximum atomic E-state index is 8.10. The topological polar surface area (TPSA) is 41.6 Å². The summed E-state index contributed by atoms with van der Waals surface area (Å²) in [5.74, 6) is 5.46. The quantitative estimate of drug-likeness (QED) is 0.475. The van der Waals surface area contributed by atoms with Gasteiger partial charge in [0.1, 0.15) is 0 Å². The van der Waals surface area contributed by atoms with Crippen LogP contribution in [-0.2, 0) is 7.05 Å². The molecule has 0 atom stereocenters. The average Bonchev–Trinajstić information content (AvgIpc) is 2.31. The molecule has 0 saturated carbocycles. The Balaban J connectivity index is 2.97. The molecule has 0 radical (unpaired) electrons. The summed E-state index contributed by atoms with van der Waals surface area (Å²) in [7, 11) is 1.83. The average molecular weight is 131 g/mol. The third-order valence-corrected chi connectivity index (χ3v) is 1.05. The van der Waals surface area contributed by atoms with Crippen LogP contribution in [0, 0.1) is 23.2 Å². The molecular formula is C7H5N3. The second-order valence-electron chi connectivity index (χ2n) is 1.72. The van der Waals surface area contributed by atoms with E-state index in [2.05, 4.69) is 16.8 Å². The smallest absolute Gasteiger partial charge is 0.186 e. The van der Waals surface area contributed by atoms with E-state index in [1.807, 2.05) is 7.05 Å². The van der Waals surface area contributed by atoms with E-state index in [4.69, 9.17) is 5.26 Å². The Bertz CT molecular complexity index is 319. The number of nitriles is 1. The lowest BCUT2D eigenvalue weighted by Crippen LogP contribution is -1.89. The minimum atomic E-state index is 0.613. The number of aryl methyl sites for hydroxylation is 1. The fourth-order valence-corrected chi connectivity index (χ4v) is 0.570. The normalized spacial score (nSPS) is 7.60. The van der Waals surface area contributed by atoms with Crippen molar-refractivity contribution in [3.05, 3.63) is 18.2 Å². The Morgan fingerprint density at radius 2 is 2.50 bits per heavy atom. The maximum absolute atomic E-state index is 8.10. The SMILES string of the molecule is Cn1ccnc1C#CC#N. The van der Waals surface area contributed by atoms with Crippen LogP contribution < -0.4 is 0 Å². The molecule has 0 N–H and O–H groups in total. The van der Waals surface area contributed by atoms with E-state index in [1.54, 1.807) is 23.0 Å². The van der Waals surface area contributed by atoms with Crippen molar-refractivity contribution in [2.24, 2.45) is 7.05 Å². The van der Waals surface area contributed by atoms with Crippen molar-refractivity contribution >= 4 is 0 Å². The Kier molecular flexibility index (Phi) is 1.72. The molecule has 0 aromatic carbocycles. The van der Waals surface area contributed by atoms with E-state index in [1.165, 1.54) is 0 Å². The number of rotatable bonds is 0.